The number of pyridine rings is 2. The van der Waals surface area contributed by atoms with Gasteiger partial charge < -0.3 is 0 Å². The third-order valence-electron chi connectivity index (χ3n) is 5.28. The Morgan fingerprint density at radius 2 is 1.50 bits per heavy atom. The fourth-order valence-electron chi connectivity index (χ4n) is 4.05. The van der Waals surface area contributed by atoms with Crippen LogP contribution in [0.1, 0.15) is 0 Å². The van der Waals surface area contributed by atoms with Crippen molar-refractivity contribution in [1.29, 1.82) is 0 Å². The van der Waals surface area contributed by atoms with Crippen LogP contribution in [0.3, 0.4) is 0 Å². The van der Waals surface area contributed by atoms with Gasteiger partial charge in [-0.05, 0) is 46.0 Å². The molecule has 0 atom stereocenters. The molecule has 26 heavy (non-hydrogen) atoms. The molecule has 0 fully saturated rings. The maximum absolute atomic E-state index is 5.05. The zero-order valence-electron chi connectivity index (χ0n) is 14.0. The number of aromatic nitrogens is 2. The molecular formula is C24H14N2. The Hall–Kier alpha value is -3.52. The molecule has 3 aromatic carbocycles. The van der Waals surface area contributed by atoms with Crippen molar-refractivity contribution in [2.24, 2.45) is 0 Å². The summed E-state index contributed by atoms with van der Waals surface area (Å²) in [4.78, 5) is 9.29. The molecule has 1 aliphatic rings. The summed E-state index contributed by atoms with van der Waals surface area (Å²) >= 11 is 0. The first-order valence-electron chi connectivity index (χ1n) is 8.76. The fraction of sp³-hybridized carbons (Fsp3) is 0. The Labute approximate surface area is 150 Å². The molecule has 2 nitrogen and oxygen atoms in total. The van der Waals surface area contributed by atoms with Gasteiger partial charge in [0.1, 0.15) is 0 Å². The van der Waals surface area contributed by atoms with Crippen LogP contribution in [0, 0.1) is 0 Å². The van der Waals surface area contributed by atoms with Gasteiger partial charge in [0.2, 0.25) is 0 Å². The summed E-state index contributed by atoms with van der Waals surface area (Å²) < 4.78 is 0. The average molecular weight is 330 g/mol. The second kappa shape index (κ2) is 4.99. The quantitative estimate of drug-likeness (QED) is 0.364. The van der Waals surface area contributed by atoms with Gasteiger partial charge in [-0.2, -0.15) is 0 Å². The van der Waals surface area contributed by atoms with Gasteiger partial charge in [0.15, 0.2) is 0 Å². The first kappa shape index (κ1) is 13.7. The molecule has 1 aliphatic carbocycles. The molecule has 0 saturated heterocycles. The molecule has 0 spiro atoms. The minimum absolute atomic E-state index is 0.999. The molecular weight excluding hydrogens is 316 g/mol. The van der Waals surface area contributed by atoms with Crippen molar-refractivity contribution in [3.8, 4) is 33.6 Å². The van der Waals surface area contributed by atoms with E-state index in [4.69, 9.17) is 4.98 Å². The molecule has 2 heterocycles. The van der Waals surface area contributed by atoms with Gasteiger partial charge in [-0.1, -0.05) is 48.5 Å². The Morgan fingerprint density at radius 3 is 2.42 bits per heavy atom. The molecule has 0 unspecified atom stereocenters. The molecule has 0 amide bonds. The van der Waals surface area contributed by atoms with Crippen LogP contribution in [-0.4, -0.2) is 9.97 Å². The van der Waals surface area contributed by atoms with Crippen LogP contribution in [0.15, 0.2) is 85.2 Å². The van der Waals surface area contributed by atoms with E-state index in [-0.39, 0.29) is 0 Å². The van der Waals surface area contributed by atoms with E-state index in [1.54, 1.807) is 0 Å². The van der Waals surface area contributed by atoms with Crippen LogP contribution < -0.4 is 0 Å². The van der Waals surface area contributed by atoms with Crippen molar-refractivity contribution in [2.45, 2.75) is 0 Å². The van der Waals surface area contributed by atoms with E-state index in [2.05, 4.69) is 71.7 Å². The van der Waals surface area contributed by atoms with Crippen LogP contribution >= 0.6 is 0 Å². The lowest BCUT2D eigenvalue weighted by atomic mass is 10.0. The smallest absolute Gasteiger partial charge is 0.0794 e. The summed E-state index contributed by atoms with van der Waals surface area (Å²) in [6, 6.07) is 25.8. The molecule has 2 heteroatoms. The molecule has 120 valence electrons. The number of hydrogen-bond acceptors (Lipinski definition) is 2. The van der Waals surface area contributed by atoms with Crippen molar-refractivity contribution >= 4 is 21.5 Å². The maximum Gasteiger partial charge on any atom is 0.0794 e. The molecule has 6 rings (SSSR count). The lowest BCUT2D eigenvalue weighted by molar-refractivity contribution is 1.34. The molecule has 2 aromatic heterocycles. The summed E-state index contributed by atoms with van der Waals surface area (Å²) in [5, 5.41) is 4.92. The minimum Gasteiger partial charge on any atom is -0.264 e. The van der Waals surface area contributed by atoms with E-state index in [0.29, 0.717) is 0 Å². The van der Waals surface area contributed by atoms with E-state index < -0.39 is 0 Å². The van der Waals surface area contributed by atoms with E-state index in [9.17, 15) is 0 Å². The lowest BCUT2D eigenvalue weighted by Gasteiger charge is -2.07. The second-order valence-corrected chi connectivity index (χ2v) is 6.74. The Balaban J connectivity index is 1.59. The third kappa shape index (κ3) is 1.81. The SMILES string of the molecule is c1cc2c3c(cccc3c1)-c1nc(-c3ccc4ccncc4c3)ccc1-2. The summed E-state index contributed by atoms with van der Waals surface area (Å²) in [5.41, 5.74) is 6.95. The molecule has 5 aromatic rings. The van der Waals surface area contributed by atoms with Gasteiger partial charge in [0, 0.05) is 34.5 Å². The van der Waals surface area contributed by atoms with Crippen LogP contribution in [-0.2, 0) is 0 Å². The highest BCUT2D eigenvalue weighted by atomic mass is 14.7. The van der Waals surface area contributed by atoms with Gasteiger partial charge >= 0.3 is 0 Å². The van der Waals surface area contributed by atoms with Crippen LogP contribution in [0.2, 0.25) is 0 Å². The molecule has 0 aliphatic heterocycles. The van der Waals surface area contributed by atoms with E-state index in [1.807, 2.05) is 18.5 Å². The molecule has 0 saturated carbocycles. The number of rotatable bonds is 1. The van der Waals surface area contributed by atoms with Crippen molar-refractivity contribution < 1.29 is 0 Å². The Kier molecular flexibility index (Phi) is 2.64. The van der Waals surface area contributed by atoms with Gasteiger partial charge in [-0.25, -0.2) is 4.98 Å². The number of nitrogens with zero attached hydrogens (tertiary/aromatic N) is 2. The normalized spacial score (nSPS) is 11.8. The standard InChI is InChI=1S/C24H14N2/c1-3-16-4-2-6-21-23(16)19(5-1)20-9-10-22(26-24(20)21)17-8-7-15-11-12-25-14-18(15)13-17/h1-14H. The molecule has 0 N–H and O–H groups in total. The zero-order chi connectivity index (χ0) is 17.1. The highest BCUT2D eigenvalue weighted by molar-refractivity contribution is 6.14. The van der Waals surface area contributed by atoms with Crippen LogP contribution in [0.25, 0.3) is 55.2 Å². The van der Waals surface area contributed by atoms with Gasteiger partial charge in [0.05, 0.1) is 11.4 Å². The minimum atomic E-state index is 0.999. The zero-order valence-corrected chi connectivity index (χ0v) is 14.0. The van der Waals surface area contributed by atoms with E-state index in [0.717, 1.165) is 22.3 Å². The van der Waals surface area contributed by atoms with Gasteiger partial charge in [-0.3, -0.25) is 4.98 Å². The van der Waals surface area contributed by atoms with E-state index >= 15 is 0 Å². The third-order valence-corrected chi connectivity index (χ3v) is 5.28. The lowest BCUT2D eigenvalue weighted by Crippen LogP contribution is -1.88. The number of benzene rings is 3. The summed E-state index contributed by atoms with van der Waals surface area (Å²) in [6.07, 6.45) is 3.73. The average Bonchev–Trinajstić information content (AvgIpc) is 3.03. The van der Waals surface area contributed by atoms with Crippen molar-refractivity contribution in [3.05, 3.63) is 85.2 Å². The Morgan fingerprint density at radius 1 is 0.615 bits per heavy atom. The Bertz CT molecular complexity index is 1330. The highest BCUT2D eigenvalue weighted by Crippen LogP contribution is 2.46. The first-order valence-corrected chi connectivity index (χ1v) is 8.76. The number of fused-ring (bicyclic) bond motifs is 4. The summed E-state index contributed by atoms with van der Waals surface area (Å²) in [5.74, 6) is 0. The second-order valence-electron chi connectivity index (χ2n) is 6.74. The summed E-state index contributed by atoms with van der Waals surface area (Å²) in [7, 11) is 0. The summed E-state index contributed by atoms with van der Waals surface area (Å²) in [6.45, 7) is 0. The van der Waals surface area contributed by atoms with Gasteiger partial charge in [0.25, 0.3) is 0 Å². The van der Waals surface area contributed by atoms with Crippen molar-refractivity contribution in [1.82, 2.24) is 9.97 Å². The number of hydrogen-bond donors (Lipinski definition) is 0. The first-order chi connectivity index (χ1) is 12.9. The highest BCUT2D eigenvalue weighted by Gasteiger charge is 2.22. The fourth-order valence-corrected chi connectivity index (χ4v) is 4.05. The van der Waals surface area contributed by atoms with Crippen molar-refractivity contribution in [3.63, 3.8) is 0 Å². The van der Waals surface area contributed by atoms with Crippen molar-refractivity contribution in [2.75, 3.05) is 0 Å². The predicted octanol–water partition coefficient (Wildman–Crippen LogP) is 6.10. The van der Waals surface area contributed by atoms with E-state index in [1.165, 1.54) is 32.8 Å². The topological polar surface area (TPSA) is 25.8 Å². The maximum atomic E-state index is 5.05. The van der Waals surface area contributed by atoms with Crippen LogP contribution in [0.4, 0.5) is 0 Å². The monoisotopic (exact) mass is 330 g/mol. The predicted molar refractivity (Wildman–Crippen MR) is 107 cm³/mol. The van der Waals surface area contributed by atoms with Crippen LogP contribution in [0.5, 0.6) is 0 Å². The molecule has 0 radical (unpaired) electrons. The molecule has 0 bridgehead atoms. The van der Waals surface area contributed by atoms with Gasteiger partial charge in [-0.15, -0.1) is 0 Å². The largest absolute Gasteiger partial charge is 0.264 e.